The van der Waals surface area contributed by atoms with Crippen LogP contribution in [0.25, 0.3) is 0 Å². The Labute approximate surface area is 172 Å². The molecule has 2 N–H and O–H groups in total. The lowest BCUT2D eigenvalue weighted by atomic mass is 10.2. The van der Waals surface area contributed by atoms with Gasteiger partial charge in [0.15, 0.2) is 17.5 Å². The highest BCUT2D eigenvalue weighted by atomic mass is 127. The van der Waals surface area contributed by atoms with E-state index in [0.717, 1.165) is 25.0 Å². The van der Waals surface area contributed by atoms with Crippen LogP contribution in [0.4, 0.5) is 4.39 Å². The summed E-state index contributed by atoms with van der Waals surface area (Å²) in [4.78, 5) is 6.91. The molecule has 146 valence electrons. The summed E-state index contributed by atoms with van der Waals surface area (Å²) in [6, 6.07) is 8.33. The molecule has 3 rings (SSSR count). The van der Waals surface area contributed by atoms with Crippen LogP contribution in [0.2, 0.25) is 0 Å². The number of nitrogens with one attached hydrogen (secondary N) is 2. The Bertz CT molecular complexity index is 611. The lowest BCUT2D eigenvalue weighted by Gasteiger charge is -2.21. The maximum Gasteiger partial charge on any atom is 0.191 e. The van der Waals surface area contributed by atoms with E-state index in [1.165, 1.54) is 18.9 Å². The number of hydrogen-bond acceptors (Lipinski definition) is 3. The number of benzene rings is 1. The Balaban J connectivity index is 0.00000243. The molecule has 3 unspecified atom stereocenters. The zero-order valence-electron chi connectivity index (χ0n) is 15.7. The molecule has 1 aliphatic carbocycles. The van der Waals surface area contributed by atoms with E-state index in [1.54, 1.807) is 25.2 Å². The summed E-state index contributed by atoms with van der Waals surface area (Å²) < 4.78 is 19.3. The van der Waals surface area contributed by atoms with Crippen LogP contribution in [0.3, 0.4) is 0 Å². The Hall–Kier alpha value is -1.09. The molecule has 1 aromatic rings. The predicted octanol–water partition coefficient (Wildman–Crippen LogP) is 3.00. The smallest absolute Gasteiger partial charge is 0.191 e. The highest BCUT2D eigenvalue weighted by Crippen LogP contribution is 2.33. The van der Waals surface area contributed by atoms with Crippen molar-refractivity contribution in [1.82, 2.24) is 15.5 Å². The molecular weight excluding hydrogens is 446 g/mol. The topological polar surface area (TPSA) is 48.9 Å². The first-order valence-electron chi connectivity index (χ1n) is 9.21. The number of hydrogen-bond donors (Lipinski definition) is 2. The third kappa shape index (κ3) is 5.70. The van der Waals surface area contributed by atoms with E-state index in [4.69, 9.17) is 4.74 Å². The molecule has 0 amide bonds. The van der Waals surface area contributed by atoms with Crippen LogP contribution in [0.5, 0.6) is 5.75 Å². The molecule has 0 radical (unpaired) electrons. The number of aliphatic imine (C=N–C) groups is 1. The number of halogens is 2. The largest absolute Gasteiger partial charge is 0.486 e. The van der Waals surface area contributed by atoms with E-state index < -0.39 is 0 Å². The van der Waals surface area contributed by atoms with Gasteiger partial charge in [-0.1, -0.05) is 12.1 Å². The summed E-state index contributed by atoms with van der Waals surface area (Å²) in [6.45, 7) is 5.86. The first-order chi connectivity index (χ1) is 12.1. The minimum atomic E-state index is -0.336. The summed E-state index contributed by atoms with van der Waals surface area (Å²) >= 11 is 0. The third-order valence-corrected chi connectivity index (χ3v) is 4.93. The van der Waals surface area contributed by atoms with Crippen molar-refractivity contribution in [3.8, 4) is 5.75 Å². The molecule has 1 heterocycles. The van der Waals surface area contributed by atoms with Crippen molar-refractivity contribution in [2.75, 3.05) is 20.1 Å². The fourth-order valence-corrected chi connectivity index (χ4v) is 3.50. The van der Waals surface area contributed by atoms with Gasteiger partial charge in [0.1, 0.15) is 6.10 Å². The van der Waals surface area contributed by atoms with Crippen molar-refractivity contribution in [2.45, 2.75) is 57.3 Å². The Morgan fingerprint density at radius 2 is 2.12 bits per heavy atom. The predicted molar refractivity (Wildman–Crippen MR) is 114 cm³/mol. The lowest BCUT2D eigenvalue weighted by molar-refractivity contribution is 0.214. The molecule has 2 aliphatic rings. The molecule has 7 heteroatoms. The van der Waals surface area contributed by atoms with Crippen molar-refractivity contribution in [2.24, 2.45) is 4.99 Å². The Morgan fingerprint density at radius 3 is 2.77 bits per heavy atom. The third-order valence-electron chi connectivity index (χ3n) is 4.93. The van der Waals surface area contributed by atoms with Gasteiger partial charge in [-0.05, 0) is 45.2 Å². The summed E-state index contributed by atoms with van der Waals surface area (Å²) in [6.07, 6.45) is 3.66. The molecule has 1 saturated heterocycles. The maximum atomic E-state index is 13.6. The van der Waals surface area contributed by atoms with Crippen molar-refractivity contribution in [3.63, 3.8) is 0 Å². The molecule has 2 fully saturated rings. The average Bonchev–Trinajstić information content (AvgIpc) is 3.37. The minimum absolute atomic E-state index is 0. The van der Waals surface area contributed by atoms with Crippen molar-refractivity contribution < 1.29 is 9.13 Å². The summed E-state index contributed by atoms with van der Waals surface area (Å²) in [5.74, 6) is 0.722. The van der Waals surface area contributed by atoms with Crippen LogP contribution < -0.4 is 15.4 Å². The summed E-state index contributed by atoms with van der Waals surface area (Å²) in [5, 5.41) is 6.79. The van der Waals surface area contributed by atoms with Crippen molar-refractivity contribution >= 4 is 29.9 Å². The fourth-order valence-electron chi connectivity index (χ4n) is 3.50. The maximum absolute atomic E-state index is 13.6. The van der Waals surface area contributed by atoms with Gasteiger partial charge in [0.2, 0.25) is 0 Å². The van der Waals surface area contributed by atoms with Gasteiger partial charge in [-0.3, -0.25) is 9.89 Å². The lowest BCUT2D eigenvalue weighted by Crippen LogP contribution is -2.47. The fraction of sp³-hybridized carbons (Fsp3) is 0.632. The van der Waals surface area contributed by atoms with Crippen LogP contribution in [0.1, 0.15) is 33.1 Å². The molecule has 0 spiro atoms. The molecule has 5 nitrogen and oxygen atoms in total. The number of likely N-dealkylation sites (tertiary alicyclic amines) is 1. The van der Waals surface area contributed by atoms with Crippen LogP contribution in [-0.2, 0) is 0 Å². The highest BCUT2D eigenvalue weighted by molar-refractivity contribution is 14.0. The Kier molecular flexibility index (Phi) is 7.94. The van der Waals surface area contributed by atoms with Gasteiger partial charge in [0.05, 0.1) is 6.54 Å². The molecule has 3 atom stereocenters. The standard InChI is InChI=1S/C19H29FN4O.HI/c1-13-10-15(12-24(13)16-8-9-16)23-19(21-3)22-11-14(2)25-18-7-5-4-6-17(18)20;/h4-7,13-16H,8-12H2,1-3H3,(H2,21,22,23);1H. The van der Waals surface area contributed by atoms with E-state index in [0.29, 0.717) is 18.6 Å². The number of nitrogens with zero attached hydrogens (tertiary/aromatic N) is 2. The van der Waals surface area contributed by atoms with Gasteiger partial charge in [-0.15, -0.1) is 24.0 Å². The number of rotatable bonds is 6. The molecule has 1 aliphatic heterocycles. The van der Waals surface area contributed by atoms with Crippen molar-refractivity contribution in [1.29, 1.82) is 0 Å². The molecule has 1 saturated carbocycles. The normalized spacial score (nSPS) is 24.7. The van der Waals surface area contributed by atoms with Gasteiger partial charge in [0.25, 0.3) is 0 Å². The second-order valence-electron chi connectivity index (χ2n) is 7.17. The highest BCUT2D eigenvalue weighted by Gasteiger charge is 2.38. The van der Waals surface area contributed by atoms with E-state index in [9.17, 15) is 4.39 Å². The minimum Gasteiger partial charge on any atom is -0.486 e. The van der Waals surface area contributed by atoms with Gasteiger partial charge in [0, 0.05) is 31.7 Å². The monoisotopic (exact) mass is 476 g/mol. The Morgan fingerprint density at radius 1 is 1.38 bits per heavy atom. The molecule has 0 bridgehead atoms. The quantitative estimate of drug-likeness (QED) is 0.377. The first kappa shape index (κ1) is 21.2. The van der Waals surface area contributed by atoms with Crippen LogP contribution in [-0.4, -0.2) is 55.2 Å². The van der Waals surface area contributed by atoms with E-state index in [1.807, 2.05) is 6.92 Å². The van der Waals surface area contributed by atoms with Crippen molar-refractivity contribution in [3.05, 3.63) is 30.1 Å². The van der Waals surface area contributed by atoms with Gasteiger partial charge < -0.3 is 15.4 Å². The zero-order valence-corrected chi connectivity index (χ0v) is 18.1. The van der Waals surface area contributed by atoms with Crippen LogP contribution in [0, 0.1) is 5.82 Å². The van der Waals surface area contributed by atoms with Crippen LogP contribution >= 0.6 is 24.0 Å². The summed E-state index contributed by atoms with van der Waals surface area (Å²) in [5.41, 5.74) is 0. The van der Waals surface area contributed by atoms with Gasteiger partial charge in [-0.25, -0.2) is 4.39 Å². The SMILES string of the molecule is CN=C(NCC(C)Oc1ccccc1F)NC1CC(C)N(C2CC2)C1.I. The zero-order chi connectivity index (χ0) is 17.8. The summed E-state index contributed by atoms with van der Waals surface area (Å²) in [7, 11) is 1.77. The average molecular weight is 476 g/mol. The first-order valence-corrected chi connectivity index (χ1v) is 9.21. The van der Waals surface area contributed by atoms with Gasteiger partial charge in [-0.2, -0.15) is 0 Å². The van der Waals surface area contributed by atoms with Gasteiger partial charge >= 0.3 is 0 Å². The van der Waals surface area contributed by atoms with E-state index in [-0.39, 0.29) is 41.6 Å². The van der Waals surface area contributed by atoms with Crippen LogP contribution in [0.15, 0.2) is 29.3 Å². The number of guanidine groups is 1. The second kappa shape index (κ2) is 9.73. The second-order valence-corrected chi connectivity index (χ2v) is 7.17. The number of para-hydroxylation sites is 1. The molecule has 0 aromatic heterocycles. The molecule has 26 heavy (non-hydrogen) atoms. The molecule has 1 aromatic carbocycles. The van der Waals surface area contributed by atoms with E-state index in [2.05, 4.69) is 27.4 Å². The number of ether oxygens (including phenoxy) is 1. The molecular formula is C19H30FIN4O. The van der Waals surface area contributed by atoms with E-state index >= 15 is 0 Å².